The van der Waals surface area contributed by atoms with Crippen molar-refractivity contribution in [3.05, 3.63) is 22.4 Å². The number of thiophene rings is 1. The van der Waals surface area contributed by atoms with Gasteiger partial charge < -0.3 is 19.9 Å². The van der Waals surface area contributed by atoms with Gasteiger partial charge in [-0.1, -0.05) is 13.0 Å². The molecule has 1 fully saturated rings. The van der Waals surface area contributed by atoms with E-state index in [-0.39, 0.29) is 6.09 Å². The number of carbonyl (C=O) groups is 1. The molecular formula is C17H28N4O2S. The van der Waals surface area contributed by atoms with E-state index in [4.69, 9.17) is 4.74 Å². The number of nitrogens with one attached hydrogen (secondary N) is 1. The first-order valence-electron chi connectivity index (χ1n) is 8.53. The minimum absolute atomic E-state index is 0.218. The van der Waals surface area contributed by atoms with E-state index in [1.807, 2.05) is 25.3 Å². The molecule has 2 heterocycles. The molecule has 1 saturated heterocycles. The highest BCUT2D eigenvalue weighted by atomic mass is 32.1. The summed E-state index contributed by atoms with van der Waals surface area (Å²) < 4.78 is 5.06. The Morgan fingerprint density at radius 2 is 2.08 bits per heavy atom. The van der Waals surface area contributed by atoms with Gasteiger partial charge in [-0.25, -0.2) is 4.79 Å². The van der Waals surface area contributed by atoms with Crippen LogP contribution in [0.15, 0.2) is 22.5 Å². The zero-order valence-corrected chi connectivity index (χ0v) is 15.6. The molecule has 0 bridgehead atoms. The molecule has 1 aliphatic heterocycles. The lowest BCUT2D eigenvalue weighted by molar-refractivity contribution is 0.0914. The highest BCUT2D eigenvalue weighted by Gasteiger charge is 2.23. The molecule has 0 saturated carbocycles. The van der Waals surface area contributed by atoms with Crippen LogP contribution in [0.3, 0.4) is 0 Å². The molecule has 2 rings (SSSR count). The molecule has 0 radical (unpaired) electrons. The smallest absolute Gasteiger partial charge is 0.409 e. The molecule has 6 nitrogen and oxygen atoms in total. The second kappa shape index (κ2) is 9.52. The quantitative estimate of drug-likeness (QED) is 0.652. The molecule has 1 atom stereocenters. The van der Waals surface area contributed by atoms with Crippen LogP contribution in [0, 0.1) is 5.92 Å². The van der Waals surface area contributed by atoms with Gasteiger partial charge >= 0.3 is 6.09 Å². The number of amides is 1. The summed E-state index contributed by atoms with van der Waals surface area (Å²) in [6, 6.07) is 4.28. The summed E-state index contributed by atoms with van der Waals surface area (Å²) in [5.41, 5.74) is 0. The largest absolute Gasteiger partial charge is 0.450 e. The zero-order chi connectivity index (χ0) is 17.4. The van der Waals surface area contributed by atoms with Gasteiger partial charge in [0.15, 0.2) is 5.96 Å². The van der Waals surface area contributed by atoms with E-state index in [1.165, 1.54) is 4.88 Å². The predicted octanol–water partition coefficient (Wildman–Crippen LogP) is 2.28. The van der Waals surface area contributed by atoms with Gasteiger partial charge in [0.1, 0.15) is 0 Å². The van der Waals surface area contributed by atoms with E-state index in [0.717, 1.165) is 32.0 Å². The van der Waals surface area contributed by atoms with Crippen LogP contribution in [0.25, 0.3) is 0 Å². The van der Waals surface area contributed by atoms with Crippen LogP contribution in [0.5, 0.6) is 0 Å². The van der Waals surface area contributed by atoms with Crippen molar-refractivity contribution in [1.82, 2.24) is 15.1 Å². The van der Waals surface area contributed by atoms with Crippen LogP contribution in [-0.4, -0.2) is 68.2 Å². The number of rotatable bonds is 5. The molecule has 0 aliphatic carbocycles. The summed E-state index contributed by atoms with van der Waals surface area (Å²) in [5, 5.41) is 5.59. The van der Waals surface area contributed by atoms with E-state index in [9.17, 15) is 4.79 Å². The summed E-state index contributed by atoms with van der Waals surface area (Å²) in [4.78, 5) is 21.5. The molecule has 1 amide bonds. The van der Waals surface area contributed by atoms with Gasteiger partial charge in [-0.05, 0) is 30.7 Å². The van der Waals surface area contributed by atoms with Crippen LogP contribution in [0.1, 0.15) is 18.7 Å². The van der Waals surface area contributed by atoms with Crippen LogP contribution in [-0.2, 0) is 11.2 Å². The fourth-order valence-electron chi connectivity index (χ4n) is 2.76. The summed E-state index contributed by atoms with van der Waals surface area (Å²) in [7, 11) is 1.81. The maximum absolute atomic E-state index is 11.8. The number of nitrogens with zero attached hydrogens (tertiary/aromatic N) is 3. The maximum atomic E-state index is 11.8. The second-order valence-corrected chi connectivity index (χ2v) is 7.02. The summed E-state index contributed by atoms with van der Waals surface area (Å²) in [5.74, 6) is 1.46. The van der Waals surface area contributed by atoms with Crippen molar-refractivity contribution in [1.29, 1.82) is 0 Å². The number of carbonyl (C=O) groups excluding carboxylic acids is 1. The van der Waals surface area contributed by atoms with E-state index in [2.05, 4.69) is 39.6 Å². The van der Waals surface area contributed by atoms with Crippen LogP contribution in [0.4, 0.5) is 4.79 Å². The van der Waals surface area contributed by atoms with Gasteiger partial charge in [0.2, 0.25) is 0 Å². The third-order valence-electron chi connectivity index (χ3n) is 4.06. The molecule has 134 valence electrons. The molecule has 0 spiro atoms. The van der Waals surface area contributed by atoms with E-state index >= 15 is 0 Å². The molecule has 1 unspecified atom stereocenters. The van der Waals surface area contributed by atoms with Gasteiger partial charge in [-0.2, -0.15) is 0 Å². The summed E-state index contributed by atoms with van der Waals surface area (Å²) in [6.45, 7) is 8.28. The van der Waals surface area contributed by atoms with Crippen molar-refractivity contribution < 1.29 is 9.53 Å². The Kier molecular flexibility index (Phi) is 7.36. The van der Waals surface area contributed by atoms with Gasteiger partial charge in [0, 0.05) is 44.6 Å². The summed E-state index contributed by atoms with van der Waals surface area (Å²) in [6.07, 6.45) is 0.864. The molecule has 7 heteroatoms. The van der Waals surface area contributed by atoms with Gasteiger partial charge in [-0.15, -0.1) is 11.3 Å². The molecular weight excluding hydrogens is 324 g/mol. The fourth-order valence-corrected chi connectivity index (χ4v) is 3.63. The third-order valence-corrected chi connectivity index (χ3v) is 4.95. The average molecular weight is 353 g/mol. The Bertz CT molecular complexity index is 525. The zero-order valence-electron chi connectivity index (χ0n) is 14.8. The number of ether oxygens (including phenoxy) is 1. The van der Waals surface area contributed by atoms with E-state index in [0.29, 0.717) is 25.6 Å². The monoisotopic (exact) mass is 352 g/mol. The van der Waals surface area contributed by atoms with Crippen LogP contribution < -0.4 is 5.32 Å². The number of guanidine groups is 1. The Balaban J connectivity index is 1.75. The van der Waals surface area contributed by atoms with E-state index in [1.54, 1.807) is 4.90 Å². The lowest BCUT2D eigenvalue weighted by Crippen LogP contribution is -2.54. The topological polar surface area (TPSA) is 57.2 Å². The number of piperazine rings is 1. The third kappa shape index (κ3) is 5.40. The van der Waals surface area contributed by atoms with Crippen molar-refractivity contribution in [3.63, 3.8) is 0 Å². The normalized spacial score (nSPS) is 16.9. The number of aliphatic imine (C=N–C) groups is 1. The van der Waals surface area contributed by atoms with Crippen molar-refractivity contribution in [2.75, 3.05) is 46.4 Å². The Labute approximate surface area is 148 Å². The van der Waals surface area contributed by atoms with Crippen LogP contribution >= 0.6 is 11.3 Å². The Morgan fingerprint density at radius 1 is 1.38 bits per heavy atom. The molecule has 1 N–H and O–H groups in total. The van der Waals surface area contributed by atoms with Crippen molar-refractivity contribution >= 4 is 23.4 Å². The Hall–Kier alpha value is -1.76. The average Bonchev–Trinajstić information content (AvgIpc) is 3.09. The van der Waals surface area contributed by atoms with Crippen molar-refractivity contribution in [3.8, 4) is 0 Å². The number of hydrogen-bond donors (Lipinski definition) is 1. The first-order chi connectivity index (χ1) is 11.6. The van der Waals surface area contributed by atoms with Crippen molar-refractivity contribution in [2.24, 2.45) is 10.9 Å². The summed E-state index contributed by atoms with van der Waals surface area (Å²) >= 11 is 1.81. The first-order valence-corrected chi connectivity index (χ1v) is 9.41. The predicted molar refractivity (Wildman–Crippen MR) is 98.7 cm³/mol. The van der Waals surface area contributed by atoms with Crippen molar-refractivity contribution in [2.45, 2.75) is 20.3 Å². The highest BCUT2D eigenvalue weighted by Crippen LogP contribution is 2.14. The van der Waals surface area contributed by atoms with Gasteiger partial charge in [-0.3, -0.25) is 4.99 Å². The molecule has 1 aliphatic rings. The SMILES string of the molecule is CCOC(=O)N1CCN(C(=NC)NCC(C)Cc2cccs2)CC1. The first kappa shape index (κ1) is 18.6. The minimum atomic E-state index is -0.218. The Morgan fingerprint density at radius 3 is 2.67 bits per heavy atom. The maximum Gasteiger partial charge on any atom is 0.409 e. The fraction of sp³-hybridized carbons (Fsp3) is 0.647. The second-order valence-electron chi connectivity index (χ2n) is 5.99. The highest BCUT2D eigenvalue weighted by molar-refractivity contribution is 7.09. The van der Waals surface area contributed by atoms with Crippen LogP contribution in [0.2, 0.25) is 0 Å². The lowest BCUT2D eigenvalue weighted by atomic mass is 10.1. The molecule has 24 heavy (non-hydrogen) atoms. The lowest BCUT2D eigenvalue weighted by Gasteiger charge is -2.36. The molecule has 1 aromatic heterocycles. The standard InChI is InChI=1S/C17H28N4O2S/c1-4-23-17(22)21-9-7-20(8-10-21)16(18-3)19-13-14(2)12-15-6-5-11-24-15/h5-6,11,14H,4,7-10,12-13H2,1-3H3,(H,18,19). The number of hydrogen-bond acceptors (Lipinski definition) is 4. The van der Waals surface area contributed by atoms with E-state index < -0.39 is 0 Å². The van der Waals surface area contributed by atoms with Gasteiger partial charge in [0.05, 0.1) is 6.61 Å². The molecule has 1 aromatic rings. The minimum Gasteiger partial charge on any atom is -0.450 e. The van der Waals surface area contributed by atoms with Gasteiger partial charge in [0.25, 0.3) is 0 Å². The molecule has 0 aromatic carbocycles.